The Balaban J connectivity index is 1.77. The van der Waals surface area contributed by atoms with E-state index < -0.39 is 0 Å². The molecule has 0 unspecified atom stereocenters. The number of amides is 1. The number of nitrogens with one attached hydrogen (secondary N) is 1. The summed E-state index contributed by atoms with van der Waals surface area (Å²) in [6, 6.07) is 4.63. The minimum atomic E-state index is -0.261. The quantitative estimate of drug-likeness (QED) is 0.898. The molecule has 3 heterocycles. The summed E-state index contributed by atoms with van der Waals surface area (Å²) in [4.78, 5) is 36.5. The molecular formula is C15H16N4O2. The van der Waals surface area contributed by atoms with Crippen molar-refractivity contribution in [1.29, 1.82) is 0 Å². The predicted molar refractivity (Wildman–Crippen MR) is 77.0 cm³/mol. The zero-order valence-corrected chi connectivity index (χ0v) is 11.5. The van der Waals surface area contributed by atoms with Crippen LogP contribution in [-0.2, 0) is 0 Å². The van der Waals surface area contributed by atoms with Gasteiger partial charge in [-0.2, -0.15) is 0 Å². The van der Waals surface area contributed by atoms with E-state index in [9.17, 15) is 9.59 Å². The molecule has 1 aliphatic heterocycles. The highest BCUT2D eigenvalue weighted by Gasteiger charge is 2.26. The van der Waals surface area contributed by atoms with Crippen molar-refractivity contribution in [2.75, 3.05) is 13.1 Å². The number of rotatable bonds is 2. The maximum absolute atomic E-state index is 12.4. The van der Waals surface area contributed by atoms with Crippen LogP contribution in [0, 0.1) is 0 Å². The summed E-state index contributed by atoms with van der Waals surface area (Å²) < 4.78 is 0. The number of carbonyl (C=O) groups excluding carboxylic acids is 1. The van der Waals surface area contributed by atoms with Gasteiger partial charge in [-0.1, -0.05) is 6.07 Å². The Labute approximate surface area is 121 Å². The third-order valence-electron chi connectivity index (χ3n) is 3.71. The zero-order chi connectivity index (χ0) is 14.7. The Morgan fingerprint density at radius 2 is 2.24 bits per heavy atom. The highest BCUT2D eigenvalue weighted by Crippen LogP contribution is 2.25. The first-order valence-corrected chi connectivity index (χ1v) is 6.98. The van der Waals surface area contributed by atoms with E-state index in [1.807, 2.05) is 0 Å². The number of aromatic amines is 1. The predicted octanol–water partition coefficient (Wildman–Crippen LogP) is 1.18. The fourth-order valence-corrected chi connectivity index (χ4v) is 2.67. The molecule has 2 aromatic heterocycles. The Morgan fingerprint density at radius 1 is 1.33 bits per heavy atom. The molecule has 1 saturated heterocycles. The number of piperidine rings is 1. The van der Waals surface area contributed by atoms with Crippen LogP contribution in [0.15, 0.2) is 41.6 Å². The van der Waals surface area contributed by atoms with Crippen molar-refractivity contribution in [2.45, 2.75) is 18.8 Å². The summed E-state index contributed by atoms with van der Waals surface area (Å²) in [7, 11) is 0. The largest absolute Gasteiger partial charge is 0.337 e. The number of aromatic nitrogens is 3. The lowest BCUT2D eigenvalue weighted by Crippen LogP contribution is -2.40. The number of likely N-dealkylation sites (tertiary alicyclic amines) is 1. The molecular weight excluding hydrogens is 268 g/mol. The van der Waals surface area contributed by atoms with Gasteiger partial charge in [-0.05, 0) is 18.9 Å². The van der Waals surface area contributed by atoms with Crippen molar-refractivity contribution in [3.8, 4) is 0 Å². The summed E-state index contributed by atoms with van der Waals surface area (Å²) in [5, 5.41) is 0. The van der Waals surface area contributed by atoms with Crippen LogP contribution in [0.25, 0.3) is 0 Å². The van der Waals surface area contributed by atoms with Crippen molar-refractivity contribution in [1.82, 2.24) is 19.9 Å². The van der Waals surface area contributed by atoms with E-state index in [1.165, 1.54) is 6.07 Å². The lowest BCUT2D eigenvalue weighted by Gasteiger charge is -2.32. The molecule has 21 heavy (non-hydrogen) atoms. The van der Waals surface area contributed by atoms with Gasteiger partial charge in [0.2, 0.25) is 5.56 Å². The molecule has 0 saturated carbocycles. The molecule has 1 atom stereocenters. The van der Waals surface area contributed by atoms with Crippen LogP contribution in [0.5, 0.6) is 0 Å². The Bertz CT molecular complexity index is 683. The third-order valence-corrected chi connectivity index (χ3v) is 3.71. The minimum absolute atomic E-state index is 0.138. The highest BCUT2D eigenvalue weighted by molar-refractivity contribution is 5.92. The topological polar surface area (TPSA) is 79.0 Å². The molecule has 0 radical (unpaired) electrons. The van der Waals surface area contributed by atoms with E-state index in [0.717, 1.165) is 18.5 Å². The highest BCUT2D eigenvalue weighted by atomic mass is 16.2. The van der Waals surface area contributed by atoms with Gasteiger partial charge in [0.05, 0.1) is 5.69 Å². The Morgan fingerprint density at radius 3 is 3.00 bits per heavy atom. The maximum Gasteiger partial charge on any atom is 0.270 e. The van der Waals surface area contributed by atoms with E-state index in [0.29, 0.717) is 18.8 Å². The summed E-state index contributed by atoms with van der Waals surface area (Å²) in [5.41, 5.74) is 0.988. The molecule has 6 heteroatoms. The first-order chi connectivity index (χ1) is 10.2. The molecule has 1 N–H and O–H groups in total. The van der Waals surface area contributed by atoms with Gasteiger partial charge >= 0.3 is 0 Å². The van der Waals surface area contributed by atoms with Gasteiger partial charge in [0, 0.05) is 43.7 Å². The van der Waals surface area contributed by atoms with Crippen LogP contribution in [0.4, 0.5) is 0 Å². The summed E-state index contributed by atoms with van der Waals surface area (Å²) in [5.74, 6) is 0.0631. The molecule has 3 rings (SSSR count). The van der Waals surface area contributed by atoms with Crippen LogP contribution >= 0.6 is 0 Å². The van der Waals surface area contributed by atoms with Gasteiger partial charge in [-0.25, -0.2) is 0 Å². The number of carbonyl (C=O) groups is 1. The third kappa shape index (κ3) is 2.99. The molecule has 0 aromatic carbocycles. The molecule has 0 spiro atoms. The second-order valence-electron chi connectivity index (χ2n) is 5.15. The number of nitrogens with zero attached hydrogens (tertiary/aromatic N) is 3. The fourth-order valence-electron chi connectivity index (χ4n) is 2.67. The Kier molecular flexibility index (Phi) is 3.77. The number of hydrogen-bond acceptors (Lipinski definition) is 4. The average Bonchev–Trinajstić information content (AvgIpc) is 2.55. The van der Waals surface area contributed by atoms with Crippen LogP contribution < -0.4 is 5.56 Å². The van der Waals surface area contributed by atoms with Crippen molar-refractivity contribution >= 4 is 5.91 Å². The standard InChI is InChI=1S/C15H16N4O2/c20-14-5-1-4-12(18-14)15(21)19-8-2-3-11(10-19)13-9-16-6-7-17-13/h1,4-7,9,11H,2-3,8,10H2,(H,18,20)/t11-/m0/s1. The van der Waals surface area contributed by atoms with Gasteiger partial charge in [0.1, 0.15) is 5.69 Å². The smallest absolute Gasteiger partial charge is 0.270 e. The van der Waals surface area contributed by atoms with Crippen molar-refractivity contribution in [3.05, 3.63) is 58.5 Å². The summed E-state index contributed by atoms with van der Waals surface area (Å²) in [6.45, 7) is 1.31. The minimum Gasteiger partial charge on any atom is -0.337 e. The lowest BCUT2D eigenvalue weighted by molar-refractivity contribution is 0.0699. The summed E-state index contributed by atoms with van der Waals surface area (Å²) in [6.07, 6.45) is 6.98. The number of hydrogen-bond donors (Lipinski definition) is 1. The number of H-pyrrole nitrogens is 1. The van der Waals surface area contributed by atoms with E-state index >= 15 is 0 Å². The van der Waals surface area contributed by atoms with E-state index in [1.54, 1.807) is 35.6 Å². The van der Waals surface area contributed by atoms with Gasteiger partial charge < -0.3 is 9.88 Å². The van der Waals surface area contributed by atoms with Crippen molar-refractivity contribution in [3.63, 3.8) is 0 Å². The average molecular weight is 284 g/mol. The van der Waals surface area contributed by atoms with Gasteiger partial charge in [0.15, 0.2) is 0 Å². The van der Waals surface area contributed by atoms with Crippen LogP contribution in [0.1, 0.15) is 34.9 Å². The normalized spacial score (nSPS) is 18.5. The lowest BCUT2D eigenvalue weighted by atomic mass is 9.95. The molecule has 0 bridgehead atoms. The van der Waals surface area contributed by atoms with E-state index in [4.69, 9.17) is 0 Å². The first-order valence-electron chi connectivity index (χ1n) is 6.98. The monoisotopic (exact) mass is 284 g/mol. The molecule has 6 nitrogen and oxygen atoms in total. The van der Waals surface area contributed by atoms with Crippen LogP contribution in [0.2, 0.25) is 0 Å². The van der Waals surface area contributed by atoms with Gasteiger partial charge in [-0.15, -0.1) is 0 Å². The van der Waals surface area contributed by atoms with Crippen LogP contribution in [-0.4, -0.2) is 38.8 Å². The second-order valence-corrected chi connectivity index (χ2v) is 5.15. The fraction of sp³-hybridized carbons (Fsp3) is 0.333. The Hall–Kier alpha value is -2.50. The van der Waals surface area contributed by atoms with E-state index in [-0.39, 0.29) is 17.4 Å². The molecule has 1 aliphatic rings. The number of pyridine rings is 1. The second kappa shape index (κ2) is 5.87. The first kappa shape index (κ1) is 13.5. The van der Waals surface area contributed by atoms with Crippen molar-refractivity contribution in [2.24, 2.45) is 0 Å². The molecule has 0 aliphatic carbocycles. The SMILES string of the molecule is O=C(c1cccc(=O)[nH]1)N1CCC[C@H](c2cnccn2)C1. The van der Waals surface area contributed by atoms with E-state index in [2.05, 4.69) is 15.0 Å². The zero-order valence-electron chi connectivity index (χ0n) is 11.5. The van der Waals surface area contributed by atoms with Crippen LogP contribution in [0.3, 0.4) is 0 Å². The summed E-state index contributed by atoms with van der Waals surface area (Å²) >= 11 is 0. The van der Waals surface area contributed by atoms with Crippen molar-refractivity contribution < 1.29 is 4.79 Å². The maximum atomic E-state index is 12.4. The van der Waals surface area contributed by atoms with Gasteiger partial charge in [0.25, 0.3) is 5.91 Å². The molecule has 1 amide bonds. The molecule has 1 fully saturated rings. The molecule has 108 valence electrons. The molecule has 2 aromatic rings. The van der Waals surface area contributed by atoms with Gasteiger partial charge in [-0.3, -0.25) is 19.6 Å².